The lowest BCUT2D eigenvalue weighted by Crippen LogP contribution is -2.29. The molecule has 1 aliphatic heterocycles. The molecule has 3 nitrogen and oxygen atoms in total. The van der Waals surface area contributed by atoms with Crippen molar-refractivity contribution in [1.82, 2.24) is 5.32 Å². The Balaban J connectivity index is 2.24. The Morgan fingerprint density at radius 3 is 2.94 bits per heavy atom. The number of hydrogen-bond donors (Lipinski definition) is 2. The average molecular weight is 221 g/mol. The summed E-state index contributed by atoms with van der Waals surface area (Å²) in [5.74, 6) is 0.815. The minimum Gasteiger partial charge on any atom is -0.493 e. The first-order valence-electron chi connectivity index (χ1n) is 5.92. The smallest absolute Gasteiger partial charge is 0.125 e. The number of nitrogens with one attached hydrogen (secondary N) is 1. The van der Waals surface area contributed by atoms with Crippen molar-refractivity contribution >= 4 is 0 Å². The second-order valence-electron chi connectivity index (χ2n) is 4.30. The van der Waals surface area contributed by atoms with E-state index >= 15 is 0 Å². The van der Waals surface area contributed by atoms with Gasteiger partial charge < -0.3 is 15.2 Å². The Hall–Kier alpha value is -1.06. The van der Waals surface area contributed by atoms with Crippen LogP contribution in [0.1, 0.15) is 25.3 Å². The molecule has 0 aromatic heterocycles. The van der Waals surface area contributed by atoms with E-state index < -0.39 is 5.60 Å². The minimum atomic E-state index is -0.760. The number of rotatable bonds is 4. The standard InChI is InChI=1S/C13H19NO2/c1-2-9-16-12-6-4-3-5-11(12)13(15)7-8-14-10-13/h3-6,14-15H,2,7-10H2,1H3. The van der Waals surface area contributed by atoms with Gasteiger partial charge in [-0.2, -0.15) is 0 Å². The summed E-state index contributed by atoms with van der Waals surface area (Å²) in [4.78, 5) is 0. The van der Waals surface area contributed by atoms with Gasteiger partial charge in [-0.05, 0) is 25.5 Å². The largest absolute Gasteiger partial charge is 0.493 e. The van der Waals surface area contributed by atoms with Gasteiger partial charge in [0, 0.05) is 12.1 Å². The molecule has 0 bridgehead atoms. The van der Waals surface area contributed by atoms with Crippen LogP contribution in [0.2, 0.25) is 0 Å². The van der Waals surface area contributed by atoms with Gasteiger partial charge in [-0.15, -0.1) is 0 Å². The summed E-state index contributed by atoms with van der Waals surface area (Å²) in [5.41, 5.74) is 0.151. The highest BCUT2D eigenvalue weighted by atomic mass is 16.5. The average Bonchev–Trinajstić information content (AvgIpc) is 2.75. The number of β-amino-alcohol motifs (C(OH)–C–C–N with tert-alkyl or cyclic N) is 1. The van der Waals surface area contributed by atoms with Crippen LogP contribution in [0.4, 0.5) is 0 Å². The molecule has 88 valence electrons. The Labute approximate surface area is 96.4 Å². The van der Waals surface area contributed by atoms with E-state index in [1.807, 2.05) is 24.3 Å². The van der Waals surface area contributed by atoms with Gasteiger partial charge in [0.05, 0.1) is 6.61 Å². The molecule has 1 saturated heterocycles. The molecule has 1 unspecified atom stereocenters. The normalized spacial score (nSPS) is 24.6. The van der Waals surface area contributed by atoms with Gasteiger partial charge in [-0.3, -0.25) is 0 Å². The van der Waals surface area contributed by atoms with Crippen molar-refractivity contribution in [2.45, 2.75) is 25.4 Å². The van der Waals surface area contributed by atoms with E-state index in [2.05, 4.69) is 12.2 Å². The molecule has 3 heteroatoms. The van der Waals surface area contributed by atoms with E-state index in [0.29, 0.717) is 13.2 Å². The van der Waals surface area contributed by atoms with Crippen molar-refractivity contribution in [2.24, 2.45) is 0 Å². The van der Waals surface area contributed by atoms with Crippen LogP contribution in [-0.2, 0) is 5.60 Å². The van der Waals surface area contributed by atoms with Crippen LogP contribution in [-0.4, -0.2) is 24.8 Å². The topological polar surface area (TPSA) is 41.5 Å². The summed E-state index contributed by atoms with van der Waals surface area (Å²) in [5, 5.41) is 13.7. The van der Waals surface area contributed by atoms with Crippen LogP contribution in [0.25, 0.3) is 0 Å². The fourth-order valence-corrected chi connectivity index (χ4v) is 2.10. The SMILES string of the molecule is CCCOc1ccccc1C1(O)CCNC1. The van der Waals surface area contributed by atoms with E-state index in [0.717, 1.165) is 30.7 Å². The molecule has 2 N–H and O–H groups in total. The third-order valence-electron chi connectivity index (χ3n) is 2.98. The second kappa shape index (κ2) is 4.85. The molecular weight excluding hydrogens is 202 g/mol. The van der Waals surface area contributed by atoms with Crippen molar-refractivity contribution in [2.75, 3.05) is 19.7 Å². The number of ether oxygens (including phenoxy) is 1. The molecule has 0 spiro atoms. The van der Waals surface area contributed by atoms with Gasteiger partial charge in [0.15, 0.2) is 0 Å². The summed E-state index contributed by atoms with van der Waals surface area (Å²) < 4.78 is 5.68. The molecule has 0 radical (unpaired) electrons. The quantitative estimate of drug-likeness (QED) is 0.812. The zero-order valence-corrected chi connectivity index (χ0v) is 9.70. The maximum atomic E-state index is 10.5. The monoisotopic (exact) mass is 221 g/mol. The van der Waals surface area contributed by atoms with E-state index in [-0.39, 0.29) is 0 Å². The van der Waals surface area contributed by atoms with Gasteiger partial charge in [0.1, 0.15) is 11.4 Å². The maximum absolute atomic E-state index is 10.5. The Morgan fingerprint density at radius 1 is 1.44 bits per heavy atom. The highest BCUT2D eigenvalue weighted by molar-refractivity contribution is 5.39. The fraction of sp³-hybridized carbons (Fsp3) is 0.538. The Kier molecular flexibility index (Phi) is 3.46. The first-order valence-corrected chi connectivity index (χ1v) is 5.92. The minimum absolute atomic E-state index is 0.611. The van der Waals surface area contributed by atoms with Gasteiger partial charge in [-0.1, -0.05) is 25.1 Å². The van der Waals surface area contributed by atoms with Crippen LogP contribution in [0.3, 0.4) is 0 Å². The predicted octanol–water partition coefficient (Wildman–Crippen LogP) is 1.66. The van der Waals surface area contributed by atoms with Crippen LogP contribution >= 0.6 is 0 Å². The number of benzene rings is 1. The predicted molar refractivity (Wildman–Crippen MR) is 63.6 cm³/mol. The van der Waals surface area contributed by atoms with Crippen LogP contribution < -0.4 is 10.1 Å². The molecule has 1 fully saturated rings. The molecule has 16 heavy (non-hydrogen) atoms. The lowest BCUT2D eigenvalue weighted by atomic mass is 9.92. The number of aliphatic hydroxyl groups is 1. The summed E-state index contributed by atoms with van der Waals surface area (Å²) in [6.07, 6.45) is 1.73. The van der Waals surface area contributed by atoms with Crippen molar-refractivity contribution in [3.8, 4) is 5.75 Å². The summed E-state index contributed by atoms with van der Waals surface area (Å²) >= 11 is 0. The first-order chi connectivity index (χ1) is 7.76. The van der Waals surface area contributed by atoms with Crippen molar-refractivity contribution in [1.29, 1.82) is 0 Å². The third kappa shape index (κ3) is 2.20. The van der Waals surface area contributed by atoms with Crippen LogP contribution in [0, 0.1) is 0 Å². The van der Waals surface area contributed by atoms with Gasteiger partial charge >= 0.3 is 0 Å². The van der Waals surface area contributed by atoms with Crippen LogP contribution in [0.5, 0.6) is 5.75 Å². The summed E-state index contributed by atoms with van der Waals surface area (Å²) in [7, 11) is 0. The Bertz CT molecular complexity index is 346. The molecular formula is C13H19NO2. The van der Waals surface area contributed by atoms with Crippen molar-refractivity contribution in [3.05, 3.63) is 29.8 Å². The van der Waals surface area contributed by atoms with Crippen LogP contribution in [0.15, 0.2) is 24.3 Å². The molecule has 1 aromatic rings. The highest BCUT2D eigenvalue weighted by Crippen LogP contribution is 2.34. The number of hydrogen-bond acceptors (Lipinski definition) is 3. The summed E-state index contributed by atoms with van der Waals surface area (Å²) in [6, 6.07) is 7.78. The zero-order valence-electron chi connectivity index (χ0n) is 9.70. The Morgan fingerprint density at radius 2 is 2.25 bits per heavy atom. The number of para-hydroxylation sites is 1. The van der Waals surface area contributed by atoms with E-state index in [9.17, 15) is 5.11 Å². The zero-order chi connectivity index (χ0) is 11.4. The molecule has 2 rings (SSSR count). The molecule has 0 amide bonds. The highest BCUT2D eigenvalue weighted by Gasteiger charge is 2.35. The lowest BCUT2D eigenvalue weighted by molar-refractivity contribution is 0.0553. The van der Waals surface area contributed by atoms with Gasteiger partial charge in [0.2, 0.25) is 0 Å². The van der Waals surface area contributed by atoms with E-state index in [1.165, 1.54) is 0 Å². The van der Waals surface area contributed by atoms with Crippen molar-refractivity contribution < 1.29 is 9.84 Å². The molecule has 1 heterocycles. The second-order valence-corrected chi connectivity index (χ2v) is 4.30. The summed E-state index contributed by atoms with van der Waals surface area (Å²) in [6.45, 7) is 4.24. The lowest BCUT2D eigenvalue weighted by Gasteiger charge is -2.24. The molecule has 0 saturated carbocycles. The molecule has 0 aliphatic carbocycles. The molecule has 1 aromatic carbocycles. The molecule has 1 atom stereocenters. The molecule has 1 aliphatic rings. The fourth-order valence-electron chi connectivity index (χ4n) is 2.10. The maximum Gasteiger partial charge on any atom is 0.125 e. The van der Waals surface area contributed by atoms with Gasteiger partial charge in [-0.25, -0.2) is 0 Å². The third-order valence-corrected chi connectivity index (χ3v) is 2.98. The van der Waals surface area contributed by atoms with E-state index in [4.69, 9.17) is 4.74 Å². The van der Waals surface area contributed by atoms with Crippen molar-refractivity contribution in [3.63, 3.8) is 0 Å². The van der Waals surface area contributed by atoms with E-state index in [1.54, 1.807) is 0 Å². The van der Waals surface area contributed by atoms with Gasteiger partial charge in [0.25, 0.3) is 0 Å². The first kappa shape index (κ1) is 11.4.